The maximum Gasteiger partial charge on any atom is 0.184 e. The van der Waals surface area contributed by atoms with Crippen LogP contribution in [0, 0.1) is 11.8 Å². The Morgan fingerprint density at radius 2 is 1.83 bits per heavy atom. The zero-order valence-corrected chi connectivity index (χ0v) is 16.0. The van der Waals surface area contributed by atoms with Crippen LogP contribution in [0.2, 0.25) is 19.6 Å². The van der Waals surface area contributed by atoms with Crippen LogP contribution in [0.25, 0.3) is 0 Å². The fourth-order valence-electron chi connectivity index (χ4n) is 3.17. The van der Waals surface area contributed by atoms with Crippen molar-refractivity contribution in [1.82, 2.24) is 0 Å². The molecule has 3 atom stereocenters. The normalized spacial score (nSPS) is 27.0. The highest BCUT2D eigenvalue weighted by atomic mass is 32.2. The average molecular weight is 359 g/mol. The fourth-order valence-corrected chi connectivity index (χ4v) is 5.17. The van der Waals surface area contributed by atoms with Crippen molar-refractivity contribution in [1.29, 1.82) is 0 Å². The number of hydrogen-bond donors (Lipinski definition) is 0. The van der Waals surface area contributed by atoms with Gasteiger partial charge < -0.3 is 4.43 Å². The monoisotopic (exact) mass is 358 g/mol. The first-order chi connectivity index (χ1) is 11.3. The van der Waals surface area contributed by atoms with Crippen molar-refractivity contribution < 1.29 is 14.0 Å². The molecule has 5 heteroatoms. The van der Waals surface area contributed by atoms with E-state index < -0.39 is 8.32 Å². The Morgan fingerprint density at radius 3 is 2.50 bits per heavy atom. The van der Waals surface area contributed by atoms with E-state index in [0.717, 1.165) is 4.90 Å². The molecule has 126 valence electrons. The van der Waals surface area contributed by atoms with E-state index in [0.29, 0.717) is 11.3 Å². The van der Waals surface area contributed by atoms with Crippen molar-refractivity contribution in [2.45, 2.75) is 37.1 Å². The summed E-state index contributed by atoms with van der Waals surface area (Å²) >= 11 is 1.37. The SMILES string of the molecule is C[Si](C)(C)O[C@H]1C=CC[C@H]2C(=O)C=C(Sc3ccccc3)C(=O)[C@@H]12. The van der Waals surface area contributed by atoms with E-state index in [1.54, 1.807) is 0 Å². The van der Waals surface area contributed by atoms with Gasteiger partial charge in [0.25, 0.3) is 0 Å². The van der Waals surface area contributed by atoms with Gasteiger partial charge in [-0.3, -0.25) is 9.59 Å². The highest BCUT2D eigenvalue weighted by Crippen LogP contribution is 2.40. The van der Waals surface area contributed by atoms with E-state index in [1.165, 1.54) is 17.8 Å². The van der Waals surface area contributed by atoms with Gasteiger partial charge in [-0.25, -0.2) is 0 Å². The van der Waals surface area contributed by atoms with Gasteiger partial charge in [-0.1, -0.05) is 42.1 Å². The number of hydrogen-bond acceptors (Lipinski definition) is 4. The Hall–Kier alpha value is -1.43. The van der Waals surface area contributed by atoms with Gasteiger partial charge in [-0.05, 0) is 44.3 Å². The van der Waals surface area contributed by atoms with Crippen molar-refractivity contribution in [3.8, 4) is 0 Å². The van der Waals surface area contributed by atoms with E-state index in [9.17, 15) is 9.59 Å². The van der Waals surface area contributed by atoms with Gasteiger partial charge in [0, 0.05) is 10.8 Å². The topological polar surface area (TPSA) is 43.4 Å². The van der Waals surface area contributed by atoms with Gasteiger partial charge in [0.1, 0.15) is 0 Å². The quantitative estimate of drug-likeness (QED) is 0.597. The van der Waals surface area contributed by atoms with E-state index in [2.05, 4.69) is 19.6 Å². The summed E-state index contributed by atoms with van der Waals surface area (Å²) in [7, 11) is -1.81. The number of Topliss-reactive ketones (excluding diaryl/α,β-unsaturated/α-hetero) is 1. The molecule has 0 aromatic heterocycles. The molecular weight excluding hydrogens is 336 g/mol. The first kappa shape index (κ1) is 17.4. The summed E-state index contributed by atoms with van der Waals surface area (Å²) in [6.07, 6.45) is 5.83. The summed E-state index contributed by atoms with van der Waals surface area (Å²) in [6.45, 7) is 6.32. The molecule has 3 nitrogen and oxygen atoms in total. The molecule has 24 heavy (non-hydrogen) atoms. The lowest BCUT2D eigenvalue weighted by Gasteiger charge is -2.38. The maximum absolute atomic E-state index is 13.1. The smallest absolute Gasteiger partial charge is 0.184 e. The highest BCUT2D eigenvalue weighted by molar-refractivity contribution is 8.04. The number of ketones is 2. The lowest BCUT2D eigenvalue weighted by molar-refractivity contribution is -0.132. The standard InChI is InChI=1S/C19H22O3SSi/c1-24(2,3)22-16-11-7-10-14-15(20)12-17(19(21)18(14)16)23-13-8-5-4-6-9-13/h4-9,11-12,14,16,18H,10H2,1-3H3/t14-,16-,18+/m0/s1. The third-order valence-electron chi connectivity index (χ3n) is 4.15. The van der Waals surface area contributed by atoms with Crippen molar-refractivity contribution in [2.75, 3.05) is 0 Å². The predicted molar refractivity (Wildman–Crippen MR) is 99.4 cm³/mol. The van der Waals surface area contributed by atoms with Crippen LogP contribution >= 0.6 is 11.8 Å². The molecule has 3 rings (SSSR count). The molecule has 0 aliphatic heterocycles. The molecule has 2 aliphatic carbocycles. The molecule has 0 heterocycles. The van der Waals surface area contributed by atoms with Crippen LogP contribution in [0.3, 0.4) is 0 Å². The maximum atomic E-state index is 13.1. The molecule has 0 bridgehead atoms. The molecule has 0 fully saturated rings. The summed E-state index contributed by atoms with van der Waals surface area (Å²) < 4.78 is 6.21. The summed E-state index contributed by atoms with van der Waals surface area (Å²) in [6, 6.07) is 9.70. The van der Waals surface area contributed by atoms with Crippen molar-refractivity contribution in [3.05, 3.63) is 53.5 Å². The second kappa shape index (κ2) is 6.82. The summed E-state index contributed by atoms with van der Waals surface area (Å²) in [5, 5.41) is 0. The molecule has 0 radical (unpaired) electrons. The van der Waals surface area contributed by atoms with Gasteiger partial charge in [0.15, 0.2) is 19.9 Å². The van der Waals surface area contributed by atoms with E-state index in [-0.39, 0.29) is 29.5 Å². The molecule has 0 amide bonds. The first-order valence-corrected chi connectivity index (χ1v) is 12.4. The molecule has 2 aliphatic rings. The van der Waals surface area contributed by atoms with Crippen LogP contribution in [0.5, 0.6) is 0 Å². The zero-order chi connectivity index (χ0) is 17.3. The van der Waals surface area contributed by atoms with Crippen LogP contribution in [0.15, 0.2) is 58.4 Å². The summed E-state index contributed by atoms with van der Waals surface area (Å²) in [5.74, 6) is -0.568. The van der Waals surface area contributed by atoms with Crippen LogP contribution < -0.4 is 0 Å². The zero-order valence-electron chi connectivity index (χ0n) is 14.2. The Bertz CT molecular complexity index is 703. The minimum Gasteiger partial charge on any atom is -0.411 e. The Kier molecular flexibility index (Phi) is 4.94. The first-order valence-electron chi connectivity index (χ1n) is 8.22. The highest BCUT2D eigenvalue weighted by Gasteiger charge is 2.45. The molecule has 0 unspecified atom stereocenters. The van der Waals surface area contributed by atoms with E-state index in [1.807, 2.05) is 42.5 Å². The second-order valence-electron chi connectivity index (χ2n) is 7.18. The number of fused-ring (bicyclic) bond motifs is 1. The molecule has 1 aromatic carbocycles. The minimum absolute atomic E-state index is 0.0426. The molecule has 0 saturated heterocycles. The molecule has 0 saturated carbocycles. The van der Waals surface area contributed by atoms with Crippen molar-refractivity contribution in [3.63, 3.8) is 0 Å². The third kappa shape index (κ3) is 3.79. The number of thioether (sulfide) groups is 1. The van der Waals surface area contributed by atoms with E-state index >= 15 is 0 Å². The lowest BCUT2D eigenvalue weighted by Crippen LogP contribution is -2.47. The number of carbonyl (C=O) groups is 2. The Morgan fingerprint density at radius 1 is 1.12 bits per heavy atom. The van der Waals surface area contributed by atoms with Crippen molar-refractivity contribution >= 4 is 31.6 Å². The third-order valence-corrected chi connectivity index (χ3v) is 6.17. The molecule has 0 spiro atoms. The summed E-state index contributed by atoms with van der Waals surface area (Å²) in [5.41, 5.74) is 0. The minimum atomic E-state index is -1.81. The predicted octanol–water partition coefficient (Wildman–Crippen LogP) is 4.23. The number of rotatable bonds is 4. The van der Waals surface area contributed by atoms with Crippen LogP contribution in [0.1, 0.15) is 6.42 Å². The fraction of sp³-hybridized carbons (Fsp3) is 0.368. The molecule has 1 aromatic rings. The number of benzene rings is 1. The van der Waals surface area contributed by atoms with E-state index in [4.69, 9.17) is 4.43 Å². The van der Waals surface area contributed by atoms with Crippen LogP contribution in [-0.2, 0) is 14.0 Å². The second-order valence-corrected chi connectivity index (χ2v) is 12.8. The number of carbonyl (C=O) groups excluding carboxylic acids is 2. The van der Waals surface area contributed by atoms with Gasteiger partial charge >= 0.3 is 0 Å². The van der Waals surface area contributed by atoms with Gasteiger partial charge in [-0.2, -0.15) is 0 Å². The largest absolute Gasteiger partial charge is 0.411 e. The molecule has 0 N–H and O–H groups in total. The summed E-state index contributed by atoms with van der Waals surface area (Å²) in [4.78, 5) is 27.1. The van der Waals surface area contributed by atoms with Gasteiger partial charge in [0.2, 0.25) is 0 Å². The van der Waals surface area contributed by atoms with Crippen LogP contribution in [-0.4, -0.2) is 26.0 Å². The van der Waals surface area contributed by atoms with Crippen LogP contribution in [0.4, 0.5) is 0 Å². The number of allylic oxidation sites excluding steroid dienone is 3. The Labute approximate surface area is 148 Å². The average Bonchev–Trinajstić information content (AvgIpc) is 2.52. The Balaban J connectivity index is 1.88. The van der Waals surface area contributed by atoms with Gasteiger partial charge in [-0.15, -0.1) is 0 Å². The van der Waals surface area contributed by atoms with Crippen molar-refractivity contribution in [2.24, 2.45) is 11.8 Å². The van der Waals surface area contributed by atoms with Gasteiger partial charge in [0.05, 0.1) is 16.9 Å². The lowest BCUT2D eigenvalue weighted by atomic mass is 9.73. The molecular formula is C19H22O3SSi.